The van der Waals surface area contributed by atoms with Crippen molar-refractivity contribution in [2.24, 2.45) is 0 Å². The maximum atomic E-state index is 11.7. The summed E-state index contributed by atoms with van der Waals surface area (Å²) in [7, 11) is 0. The minimum Gasteiger partial charge on any atom is -0.369 e. The molecular formula is C16H27N3O. The van der Waals surface area contributed by atoms with E-state index in [1.165, 1.54) is 5.69 Å². The zero-order valence-electron chi connectivity index (χ0n) is 13.2. The van der Waals surface area contributed by atoms with Crippen LogP contribution in [-0.4, -0.2) is 31.1 Å². The molecule has 0 atom stereocenters. The zero-order chi connectivity index (χ0) is 15.1. The van der Waals surface area contributed by atoms with Crippen LogP contribution >= 0.6 is 0 Å². The molecule has 0 aliphatic rings. The number of nitrogens with one attached hydrogen (secondary N) is 2. The summed E-state index contributed by atoms with van der Waals surface area (Å²) < 4.78 is 0. The van der Waals surface area contributed by atoms with Gasteiger partial charge in [0.1, 0.15) is 0 Å². The molecule has 0 heterocycles. The van der Waals surface area contributed by atoms with E-state index in [1.807, 2.05) is 26.0 Å². The van der Waals surface area contributed by atoms with E-state index >= 15 is 0 Å². The Kier molecular flexibility index (Phi) is 6.52. The second-order valence-corrected chi connectivity index (χ2v) is 5.51. The molecule has 1 amide bonds. The van der Waals surface area contributed by atoms with Crippen molar-refractivity contribution in [3.05, 3.63) is 24.3 Å². The average Bonchev–Trinajstić information content (AvgIpc) is 2.39. The van der Waals surface area contributed by atoms with Crippen molar-refractivity contribution in [1.29, 1.82) is 0 Å². The molecule has 0 bridgehead atoms. The number of benzene rings is 1. The third kappa shape index (κ3) is 5.21. The summed E-state index contributed by atoms with van der Waals surface area (Å²) in [4.78, 5) is 14.0. The van der Waals surface area contributed by atoms with E-state index < -0.39 is 0 Å². The molecule has 112 valence electrons. The summed E-state index contributed by atoms with van der Waals surface area (Å²) >= 11 is 0. The minimum atomic E-state index is -0.0114. The lowest BCUT2D eigenvalue weighted by molar-refractivity contribution is -0.115. The molecule has 4 nitrogen and oxygen atoms in total. The maximum absolute atomic E-state index is 11.7. The third-order valence-electron chi connectivity index (χ3n) is 3.12. The summed E-state index contributed by atoms with van der Waals surface area (Å²) in [6, 6.07) is 8.79. The van der Waals surface area contributed by atoms with Gasteiger partial charge >= 0.3 is 0 Å². The number of carbonyl (C=O) groups is 1. The Morgan fingerprint density at radius 3 is 2.20 bits per heavy atom. The Balaban J connectivity index is 2.60. The van der Waals surface area contributed by atoms with Crippen molar-refractivity contribution >= 4 is 17.3 Å². The number of rotatable bonds is 7. The van der Waals surface area contributed by atoms with Gasteiger partial charge in [0.2, 0.25) is 5.91 Å². The first-order valence-electron chi connectivity index (χ1n) is 7.34. The topological polar surface area (TPSA) is 44.4 Å². The van der Waals surface area contributed by atoms with Gasteiger partial charge in [-0.3, -0.25) is 4.79 Å². The van der Waals surface area contributed by atoms with Crippen LogP contribution in [0, 0.1) is 0 Å². The molecule has 1 rings (SSSR count). The van der Waals surface area contributed by atoms with E-state index in [-0.39, 0.29) is 5.91 Å². The Morgan fingerprint density at radius 2 is 1.75 bits per heavy atom. The van der Waals surface area contributed by atoms with Gasteiger partial charge in [0, 0.05) is 30.0 Å². The maximum Gasteiger partial charge on any atom is 0.238 e. The molecule has 0 saturated carbocycles. The van der Waals surface area contributed by atoms with Crippen LogP contribution in [0.25, 0.3) is 0 Å². The first-order chi connectivity index (χ1) is 9.43. The number of amides is 1. The fraction of sp³-hybridized carbons (Fsp3) is 0.562. The Hall–Kier alpha value is -1.55. The van der Waals surface area contributed by atoms with Gasteiger partial charge in [0.25, 0.3) is 0 Å². The van der Waals surface area contributed by atoms with Crippen LogP contribution in [0.2, 0.25) is 0 Å². The van der Waals surface area contributed by atoms with Gasteiger partial charge in [-0.1, -0.05) is 13.8 Å². The fourth-order valence-electron chi connectivity index (χ4n) is 2.08. The highest BCUT2D eigenvalue weighted by Crippen LogP contribution is 2.19. The second-order valence-electron chi connectivity index (χ2n) is 5.51. The van der Waals surface area contributed by atoms with Crippen LogP contribution in [0.1, 0.15) is 34.6 Å². The van der Waals surface area contributed by atoms with E-state index in [2.05, 4.69) is 48.4 Å². The lowest BCUT2D eigenvalue weighted by Gasteiger charge is -2.27. The Bertz CT molecular complexity index is 412. The summed E-state index contributed by atoms with van der Waals surface area (Å²) in [5, 5.41) is 5.99. The summed E-state index contributed by atoms with van der Waals surface area (Å²) in [6.45, 7) is 11.9. The molecule has 1 aromatic carbocycles. The van der Waals surface area contributed by atoms with E-state index in [1.54, 1.807) is 0 Å². The van der Waals surface area contributed by atoms with Gasteiger partial charge in [0.05, 0.1) is 6.54 Å². The summed E-state index contributed by atoms with van der Waals surface area (Å²) in [5.41, 5.74) is 2.02. The monoisotopic (exact) mass is 277 g/mol. The highest BCUT2D eigenvalue weighted by atomic mass is 16.1. The fourth-order valence-corrected chi connectivity index (χ4v) is 2.08. The minimum absolute atomic E-state index is 0.0114. The van der Waals surface area contributed by atoms with Gasteiger partial charge in [-0.2, -0.15) is 0 Å². The largest absolute Gasteiger partial charge is 0.369 e. The molecule has 0 radical (unpaired) electrons. The molecule has 0 spiro atoms. The van der Waals surface area contributed by atoms with E-state index in [0.29, 0.717) is 18.6 Å². The van der Waals surface area contributed by atoms with Crippen LogP contribution in [0.3, 0.4) is 0 Å². The zero-order valence-corrected chi connectivity index (χ0v) is 13.2. The van der Waals surface area contributed by atoms with Crippen LogP contribution in [-0.2, 0) is 4.79 Å². The predicted octanol–water partition coefficient (Wildman–Crippen LogP) is 2.86. The molecule has 0 fully saturated rings. The molecule has 0 aromatic heterocycles. The SMILES string of the molecule is CCN(c1ccc(NC(=O)CNC(C)C)cc1)C(C)C. The Morgan fingerprint density at radius 1 is 1.15 bits per heavy atom. The summed E-state index contributed by atoms with van der Waals surface area (Å²) in [5.74, 6) is -0.0114. The van der Waals surface area contributed by atoms with Crippen LogP contribution in [0.4, 0.5) is 11.4 Å². The molecule has 4 heteroatoms. The number of hydrogen-bond acceptors (Lipinski definition) is 3. The van der Waals surface area contributed by atoms with E-state index in [0.717, 1.165) is 12.2 Å². The molecule has 2 N–H and O–H groups in total. The van der Waals surface area contributed by atoms with Gasteiger partial charge in [-0.05, 0) is 45.0 Å². The number of nitrogens with zero attached hydrogens (tertiary/aromatic N) is 1. The first-order valence-corrected chi connectivity index (χ1v) is 7.34. The van der Waals surface area contributed by atoms with Crippen LogP contribution in [0.5, 0.6) is 0 Å². The summed E-state index contributed by atoms with van der Waals surface area (Å²) in [6.07, 6.45) is 0. The van der Waals surface area contributed by atoms with Gasteiger partial charge in [-0.25, -0.2) is 0 Å². The highest BCUT2D eigenvalue weighted by Gasteiger charge is 2.08. The first kappa shape index (κ1) is 16.5. The van der Waals surface area contributed by atoms with Crippen LogP contribution < -0.4 is 15.5 Å². The number of anilines is 2. The predicted molar refractivity (Wildman–Crippen MR) is 86.4 cm³/mol. The van der Waals surface area contributed by atoms with E-state index in [4.69, 9.17) is 0 Å². The van der Waals surface area contributed by atoms with Gasteiger partial charge in [0.15, 0.2) is 0 Å². The molecule has 0 aliphatic heterocycles. The van der Waals surface area contributed by atoms with Crippen LogP contribution in [0.15, 0.2) is 24.3 Å². The second kappa shape index (κ2) is 7.90. The molecule has 0 saturated heterocycles. The molecular weight excluding hydrogens is 250 g/mol. The van der Waals surface area contributed by atoms with Gasteiger partial charge < -0.3 is 15.5 Å². The van der Waals surface area contributed by atoms with Crippen molar-refractivity contribution in [2.45, 2.75) is 46.7 Å². The number of hydrogen-bond donors (Lipinski definition) is 2. The quantitative estimate of drug-likeness (QED) is 0.805. The molecule has 20 heavy (non-hydrogen) atoms. The molecule has 0 aliphatic carbocycles. The normalized spacial score (nSPS) is 10.9. The Labute approximate surface area is 122 Å². The van der Waals surface area contributed by atoms with Crippen molar-refractivity contribution in [3.8, 4) is 0 Å². The van der Waals surface area contributed by atoms with E-state index in [9.17, 15) is 4.79 Å². The lowest BCUT2D eigenvalue weighted by Crippen LogP contribution is -2.32. The smallest absolute Gasteiger partial charge is 0.238 e. The van der Waals surface area contributed by atoms with Crippen molar-refractivity contribution < 1.29 is 4.79 Å². The molecule has 1 aromatic rings. The standard InChI is InChI=1S/C16H27N3O/c1-6-19(13(4)5)15-9-7-14(8-10-15)18-16(20)11-17-12(2)3/h7-10,12-13,17H,6,11H2,1-5H3,(H,18,20). The van der Waals surface area contributed by atoms with Gasteiger partial charge in [-0.15, -0.1) is 0 Å². The highest BCUT2D eigenvalue weighted by molar-refractivity contribution is 5.92. The average molecular weight is 277 g/mol. The van der Waals surface area contributed by atoms with Crippen molar-refractivity contribution in [2.75, 3.05) is 23.3 Å². The third-order valence-corrected chi connectivity index (χ3v) is 3.12. The van der Waals surface area contributed by atoms with Crippen molar-refractivity contribution in [3.63, 3.8) is 0 Å². The number of carbonyl (C=O) groups excluding carboxylic acids is 1. The van der Waals surface area contributed by atoms with Crippen molar-refractivity contribution in [1.82, 2.24) is 5.32 Å². The lowest BCUT2D eigenvalue weighted by atomic mass is 10.2. The molecule has 0 unspecified atom stereocenters.